The first-order valence-electron chi connectivity index (χ1n) is 9.45. The van der Waals surface area contributed by atoms with Crippen LogP contribution in [0, 0.1) is 0 Å². The van der Waals surface area contributed by atoms with Crippen LogP contribution < -0.4 is 20.1 Å². The van der Waals surface area contributed by atoms with Gasteiger partial charge in [-0.15, -0.1) is 0 Å². The maximum atomic E-state index is 12.8. The Morgan fingerprint density at radius 2 is 2.19 bits per heavy atom. The van der Waals surface area contributed by atoms with Crippen LogP contribution in [0.15, 0.2) is 22.7 Å². The van der Waals surface area contributed by atoms with E-state index < -0.39 is 19.2 Å². The van der Waals surface area contributed by atoms with Gasteiger partial charge in [0.1, 0.15) is 30.3 Å². The lowest BCUT2D eigenvalue weighted by Crippen LogP contribution is -2.58. The summed E-state index contributed by atoms with van der Waals surface area (Å²) in [5.74, 6) is -1.34. The normalized spacial score (nSPS) is 16.3. The van der Waals surface area contributed by atoms with Gasteiger partial charge >= 0.3 is 18.2 Å². The molecule has 0 unspecified atom stereocenters. The molecule has 162 valence electrons. The Morgan fingerprint density at radius 1 is 1.42 bits per heavy atom. The highest BCUT2D eigenvalue weighted by atomic mass is 32.1. The maximum absolute atomic E-state index is 12.8. The number of oxime groups is 1. The van der Waals surface area contributed by atoms with Gasteiger partial charge in [-0.05, 0) is 24.4 Å². The van der Waals surface area contributed by atoms with Crippen molar-refractivity contribution in [1.29, 1.82) is 0 Å². The predicted molar refractivity (Wildman–Crippen MR) is 110 cm³/mol. The molecular formula is C18H20BN4O7S+. The van der Waals surface area contributed by atoms with Gasteiger partial charge in [-0.25, -0.2) is 9.78 Å². The summed E-state index contributed by atoms with van der Waals surface area (Å²) >= 11 is 1.24. The second kappa shape index (κ2) is 8.43. The molecule has 11 nitrogen and oxygen atoms in total. The predicted octanol–water partition coefficient (Wildman–Crippen LogP) is -0.102. The first-order valence-corrected chi connectivity index (χ1v) is 10.3. The number of rotatable bonds is 6. The zero-order valence-electron chi connectivity index (χ0n) is 16.5. The first-order chi connectivity index (χ1) is 14.9. The van der Waals surface area contributed by atoms with Crippen LogP contribution in [0.3, 0.4) is 0 Å². The number of carboxylic acids is 1. The highest BCUT2D eigenvalue weighted by Gasteiger charge is 2.38. The number of aromatic amines is 1. The summed E-state index contributed by atoms with van der Waals surface area (Å²) in [5.41, 5.74) is 6.78. The van der Waals surface area contributed by atoms with Crippen LogP contribution >= 0.6 is 11.3 Å². The molecule has 4 rings (SSSR count). The van der Waals surface area contributed by atoms with Gasteiger partial charge in [0.15, 0.2) is 5.69 Å². The number of nitrogens with zero attached hydrogens (tertiary/aromatic N) is 2. The smallest absolute Gasteiger partial charge is 0.522 e. The van der Waals surface area contributed by atoms with Gasteiger partial charge < -0.3 is 29.3 Å². The fourth-order valence-electron chi connectivity index (χ4n) is 3.45. The Labute approximate surface area is 181 Å². The lowest BCUT2D eigenvalue weighted by molar-refractivity contribution is -0.356. The molecule has 31 heavy (non-hydrogen) atoms. The van der Waals surface area contributed by atoms with Crippen LogP contribution in [0.2, 0.25) is 6.32 Å². The van der Waals surface area contributed by atoms with Gasteiger partial charge in [0.25, 0.3) is 5.91 Å². The number of aromatic carboxylic acids is 1. The molecule has 1 aromatic carbocycles. The molecule has 1 fully saturated rings. The highest BCUT2D eigenvalue weighted by molar-refractivity contribution is 7.13. The third kappa shape index (κ3) is 4.14. The molecule has 0 atom stereocenters. The second-order valence-electron chi connectivity index (χ2n) is 7.05. The standard InChI is InChI=1S/C18H19BN4O7S/c1-28-22-14(11-8-31-18(20)21-11)16(24)23-6-10(7-23)29-12-3-2-9-4-5-19(27)30-15(9)13(12)17(25)26/h2-3,8,10,27H,4-7H2,1H3,(H2,20,21)(H,25,26)/p+1. The molecule has 13 heteroatoms. The minimum Gasteiger partial charge on any atom is -0.535 e. The summed E-state index contributed by atoms with van der Waals surface area (Å²) < 4.78 is 11.2. The number of likely N-dealkylation sites (tertiary alicyclic amines) is 1. The van der Waals surface area contributed by atoms with E-state index >= 15 is 0 Å². The number of carbonyl (C=O) groups excluding carboxylic acids is 1. The summed E-state index contributed by atoms with van der Waals surface area (Å²) in [4.78, 5) is 33.8. The molecule has 1 amide bonds. The minimum absolute atomic E-state index is 0.0799. The van der Waals surface area contributed by atoms with E-state index in [4.69, 9.17) is 20.0 Å². The Bertz CT molecular complexity index is 1050. The van der Waals surface area contributed by atoms with E-state index in [0.29, 0.717) is 29.1 Å². The Morgan fingerprint density at radius 3 is 2.84 bits per heavy atom. The van der Waals surface area contributed by atoms with Crippen molar-refractivity contribution < 1.29 is 38.9 Å². The minimum atomic E-state index is -1.21. The molecule has 5 N–H and O–H groups in total. The van der Waals surface area contributed by atoms with Crippen LogP contribution in [0.4, 0.5) is 5.13 Å². The van der Waals surface area contributed by atoms with Crippen LogP contribution in [-0.2, 0) is 16.1 Å². The molecule has 2 aromatic rings. The van der Waals surface area contributed by atoms with E-state index in [0.717, 1.165) is 0 Å². The van der Waals surface area contributed by atoms with Gasteiger partial charge in [0.05, 0.1) is 13.1 Å². The SMILES string of the molecule is CON=C(C(=O)N1CC(Oc2ccc3c(c2C(=O)O)OB(O)CC3)C1)c1csc(N)[nH+]1. The third-order valence-electron chi connectivity index (χ3n) is 4.96. The number of aryl methyl sites for hydroxylation is 1. The van der Waals surface area contributed by atoms with Gasteiger partial charge in [-0.1, -0.05) is 22.6 Å². The molecule has 2 aliphatic rings. The van der Waals surface area contributed by atoms with Crippen LogP contribution in [0.1, 0.15) is 21.6 Å². The monoisotopic (exact) mass is 447 g/mol. The number of anilines is 1. The van der Waals surface area contributed by atoms with E-state index in [1.807, 2.05) is 0 Å². The number of nitrogens with one attached hydrogen (secondary N) is 1. The highest BCUT2D eigenvalue weighted by Crippen LogP contribution is 2.37. The zero-order valence-corrected chi connectivity index (χ0v) is 17.3. The number of nitrogens with two attached hydrogens (primary N) is 1. The number of thiazole rings is 1. The fourth-order valence-corrected chi connectivity index (χ4v) is 4.03. The molecule has 2 aliphatic heterocycles. The van der Waals surface area contributed by atoms with Crippen LogP contribution in [-0.4, -0.2) is 66.0 Å². The van der Waals surface area contributed by atoms with E-state index in [1.165, 1.54) is 23.3 Å². The van der Waals surface area contributed by atoms with E-state index in [2.05, 4.69) is 10.1 Å². The molecule has 0 saturated carbocycles. The van der Waals surface area contributed by atoms with Crippen molar-refractivity contribution >= 4 is 41.2 Å². The van der Waals surface area contributed by atoms with E-state index in [9.17, 15) is 19.7 Å². The molecule has 0 spiro atoms. The summed E-state index contributed by atoms with van der Waals surface area (Å²) in [7, 11) is 0.284. The fraction of sp³-hybridized carbons (Fsp3) is 0.333. The van der Waals surface area contributed by atoms with Crippen LogP contribution in [0.25, 0.3) is 0 Å². The second-order valence-corrected chi connectivity index (χ2v) is 7.97. The third-order valence-corrected chi connectivity index (χ3v) is 5.67. The summed E-state index contributed by atoms with van der Waals surface area (Å²) in [5, 5.41) is 25.3. The van der Waals surface area contributed by atoms with Gasteiger partial charge in [0.2, 0.25) is 5.71 Å². The van der Waals surface area contributed by atoms with Crippen molar-refractivity contribution in [1.82, 2.24) is 4.90 Å². The number of nitrogen functional groups attached to an aromatic ring is 1. The van der Waals surface area contributed by atoms with Crippen molar-refractivity contribution in [2.75, 3.05) is 25.9 Å². The van der Waals surface area contributed by atoms with Crippen molar-refractivity contribution in [3.63, 3.8) is 0 Å². The number of ether oxygens (including phenoxy) is 1. The average Bonchev–Trinajstić information content (AvgIpc) is 3.13. The Hall–Kier alpha value is -3.32. The van der Waals surface area contributed by atoms with Crippen molar-refractivity contribution in [3.8, 4) is 11.5 Å². The molecule has 3 heterocycles. The molecule has 1 aromatic heterocycles. The van der Waals surface area contributed by atoms with Gasteiger partial charge in [0, 0.05) is 5.38 Å². The van der Waals surface area contributed by atoms with Crippen molar-refractivity contribution in [2.24, 2.45) is 5.16 Å². The molecule has 0 radical (unpaired) electrons. The number of aromatic nitrogens is 1. The summed E-state index contributed by atoms with van der Waals surface area (Å²) in [6.45, 7) is 0.474. The topological polar surface area (TPSA) is 158 Å². The number of hydrogen-bond acceptors (Lipinski definition) is 9. The zero-order chi connectivity index (χ0) is 22.1. The van der Waals surface area contributed by atoms with E-state index in [-0.39, 0.29) is 41.8 Å². The van der Waals surface area contributed by atoms with Crippen molar-refractivity contribution in [2.45, 2.75) is 18.8 Å². The first kappa shape index (κ1) is 20.9. The number of benzene rings is 1. The number of H-pyrrole nitrogens is 1. The number of fused-ring (bicyclic) bond motifs is 1. The molecule has 1 saturated heterocycles. The number of amides is 1. The summed E-state index contributed by atoms with van der Waals surface area (Å²) in [6, 6.07) is 3.31. The van der Waals surface area contributed by atoms with Crippen LogP contribution in [0.5, 0.6) is 11.5 Å². The average molecular weight is 447 g/mol. The lowest BCUT2D eigenvalue weighted by atomic mass is 9.78. The largest absolute Gasteiger partial charge is 0.535 e. The number of hydrogen-bond donors (Lipinski definition) is 3. The van der Waals surface area contributed by atoms with Gasteiger partial charge in [-0.3, -0.25) is 10.5 Å². The molecular weight excluding hydrogens is 427 g/mol. The van der Waals surface area contributed by atoms with E-state index in [1.54, 1.807) is 17.5 Å². The van der Waals surface area contributed by atoms with Crippen molar-refractivity contribution in [3.05, 3.63) is 34.3 Å². The number of carboxylic acid groups (broad SMARTS) is 1. The summed E-state index contributed by atoms with van der Waals surface area (Å²) in [6.07, 6.45) is 0.493. The lowest BCUT2D eigenvalue weighted by Gasteiger charge is -2.39. The molecule has 0 bridgehead atoms. The molecule has 0 aliphatic carbocycles. The quantitative estimate of drug-likeness (QED) is 0.315. The number of carbonyl (C=O) groups is 2. The van der Waals surface area contributed by atoms with Gasteiger partial charge in [-0.2, -0.15) is 0 Å². The Balaban J connectivity index is 1.46. The maximum Gasteiger partial charge on any atom is 0.522 e. The Kier molecular flexibility index (Phi) is 5.70.